The summed E-state index contributed by atoms with van der Waals surface area (Å²) in [5.74, 6) is 2.25. The predicted octanol–water partition coefficient (Wildman–Crippen LogP) is 5.89. The van der Waals surface area contributed by atoms with E-state index in [2.05, 4.69) is 30.9 Å². The molecule has 2 N–H and O–H groups in total. The summed E-state index contributed by atoms with van der Waals surface area (Å²) in [6, 6.07) is 2.19. The van der Waals surface area contributed by atoms with Crippen LogP contribution < -0.4 is 5.73 Å². The van der Waals surface area contributed by atoms with Gasteiger partial charge >= 0.3 is 0 Å². The lowest BCUT2D eigenvalue weighted by Gasteiger charge is -2.59. The van der Waals surface area contributed by atoms with Crippen LogP contribution in [-0.4, -0.2) is 50.4 Å². The Morgan fingerprint density at radius 2 is 1.89 bits per heavy atom. The highest BCUT2D eigenvalue weighted by Gasteiger charge is 2.65. The Bertz CT molecular complexity index is 924. The number of hydrogen-bond acceptors (Lipinski definition) is 5. The lowest BCUT2D eigenvalue weighted by atomic mass is 9.46. The fourth-order valence-electron chi connectivity index (χ4n) is 9.65. The van der Waals surface area contributed by atoms with Gasteiger partial charge in [-0.05, 0) is 107 Å². The topological polar surface area (TPSA) is 60.9 Å². The first-order chi connectivity index (χ1) is 17.5. The Hall–Kier alpha value is -1.14. The first-order valence-corrected chi connectivity index (χ1v) is 14.9. The second-order valence-corrected chi connectivity index (χ2v) is 13.0. The molecule has 0 aromatic carbocycles. The summed E-state index contributed by atoms with van der Waals surface area (Å²) >= 11 is 0. The van der Waals surface area contributed by atoms with Gasteiger partial charge in [0.05, 0.1) is 31.8 Å². The van der Waals surface area contributed by atoms with Crippen LogP contribution in [0.15, 0.2) is 34.7 Å². The standard InChI is InChI=1S/C31H48N2O3/c1-29-11-7-25(35-19-14-32)21-23(29)5-6-26-27(29)8-12-30(2)28(26)9-13-31(30,24-10-18-34-22-24)36-20-17-33-15-3-4-16-33/h5,10,18,22,25-28H,3-4,6-9,11-17,19-21,32H2,1-2H3/t25?,26-,27-,28+,29+,30+,31?/m1/s1. The van der Waals surface area contributed by atoms with Gasteiger partial charge in [0, 0.05) is 24.1 Å². The van der Waals surface area contributed by atoms with Crippen molar-refractivity contribution in [1.82, 2.24) is 4.90 Å². The highest BCUT2D eigenvalue weighted by Crippen LogP contribution is 2.70. The van der Waals surface area contributed by atoms with Crippen molar-refractivity contribution >= 4 is 0 Å². The zero-order valence-electron chi connectivity index (χ0n) is 22.7. The van der Waals surface area contributed by atoms with Crippen LogP contribution in [0.1, 0.15) is 83.6 Å². The fourth-order valence-corrected chi connectivity index (χ4v) is 9.65. The van der Waals surface area contributed by atoms with Crippen molar-refractivity contribution in [2.24, 2.45) is 34.3 Å². The van der Waals surface area contributed by atoms with Gasteiger partial charge in [-0.15, -0.1) is 0 Å². The first-order valence-electron chi connectivity index (χ1n) is 14.9. The number of ether oxygens (including phenoxy) is 2. The van der Waals surface area contributed by atoms with Crippen LogP contribution in [-0.2, 0) is 15.1 Å². The number of hydrogen-bond donors (Lipinski definition) is 1. The Morgan fingerprint density at radius 1 is 1.06 bits per heavy atom. The minimum absolute atomic E-state index is 0.159. The van der Waals surface area contributed by atoms with Crippen LogP contribution in [0.25, 0.3) is 0 Å². The van der Waals surface area contributed by atoms with Crippen LogP contribution >= 0.6 is 0 Å². The van der Waals surface area contributed by atoms with Crippen LogP contribution in [0.5, 0.6) is 0 Å². The van der Waals surface area contributed by atoms with E-state index in [0.717, 1.165) is 37.8 Å². The summed E-state index contributed by atoms with van der Waals surface area (Å²) < 4.78 is 18.9. The van der Waals surface area contributed by atoms with Gasteiger partial charge in [-0.2, -0.15) is 0 Å². The van der Waals surface area contributed by atoms with E-state index < -0.39 is 0 Å². The van der Waals surface area contributed by atoms with E-state index in [1.807, 2.05) is 12.5 Å². The van der Waals surface area contributed by atoms with Crippen molar-refractivity contribution in [3.8, 4) is 0 Å². The van der Waals surface area contributed by atoms with Crippen molar-refractivity contribution in [3.63, 3.8) is 0 Å². The summed E-state index contributed by atoms with van der Waals surface area (Å²) in [5, 5.41) is 0. The van der Waals surface area contributed by atoms with E-state index in [0.29, 0.717) is 30.6 Å². The third-order valence-corrected chi connectivity index (χ3v) is 11.6. The van der Waals surface area contributed by atoms with Crippen molar-refractivity contribution in [1.29, 1.82) is 0 Å². The van der Waals surface area contributed by atoms with Crippen LogP contribution in [0.2, 0.25) is 0 Å². The van der Waals surface area contributed by atoms with Crippen LogP contribution in [0.3, 0.4) is 0 Å². The SMILES string of the molecule is C[C@]12CCC(OCCN)CC1=CC[C@@H]1[C@H]2CC[C@@]2(C)[C@H]1CCC2(OCCN1CCCC1)c1ccoc1. The second-order valence-electron chi connectivity index (χ2n) is 13.0. The smallest absolute Gasteiger partial charge is 0.102 e. The molecule has 0 radical (unpaired) electrons. The highest BCUT2D eigenvalue weighted by atomic mass is 16.5. The molecule has 1 saturated heterocycles. The summed E-state index contributed by atoms with van der Waals surface area (Å²) in [6.45, 7) is 10.8. The van der Waals surface area contributed by atoms with Crippen molar-refractivity contribution < 1.29 is 13.9 Å². The normalized spacial score (nSPS) is 42.6. The predicted molar refractivity (Wildman–Crippen MR) is 143 cm³/mol. The van der Waals surface area contributed by atoms with Crippen molar-refractivity contribution in [2.75, 3.05) is 39.4 Å². The fraction of sp³-hybridized carbons (Fsp3) is 0.806. The molecule has 4 aliphatic carbocycles. The van der Waals surface area contributed by atoms with E-state index in [1.165, 1.54) is 70.0 Å². The van der Waals surface area contributed by atoms with Gasteiger partial charge in [0.2, 0.25) is 0 Å². The Balaban J connectivity index is 1.24. The van der Waals surface area contributed by atoms with E-state index in [-0.39, 0.29) is 11.0 Å². The summed E-state index contributed by atoms with van der Waals surface area (Å²) in [7, 11) is 0. The van der Waals surface area contributed by atoms with E-state index in [9.17, 15) is 0 Å². The number of allylic oxidation sites excluding steroid dienone is 1. The number of nitrogens with two attached hydrogens (primary N) is 1. The second kappa shape index (κ2) is 9.87. The number of likely N-dealkylation sites (tertiary alicyclic amines) is 1. The molecule has 1 aliphatic heterocycles. The number of fused-ring (bicyclic) bond motifs is 5. The maximum atomic E-state index is 7.09. The average Bonchev–Trinajstić information content (AvgIpc) is 3.64. The minimum atomic E-state index is -0.214. The van der Waals surface area contributed by atoms with Crippen LogP contribution in [0, 0.1) is 28.6 Å². The molecule has 0 bridgehead atoms. The minimum Gasteiger partial charge on any atom is -0.472 e. The van der Waals surface area contributed by atoms with E-state index >= 15 is 0 Å². The monoisotopic (exact) mass is 496 g/mol. The molecule has 1 aromatic rings. The molecule has 4 fully saturated rings. The Morgan fingerprint density at radius 3 is 2.67 bits per heavy atom. The van der Waals surface area contributed by atoms with Gasteiger partial charge in [-0.25, -0.2) is 0 Å². The third-order valence-electron chi connectivity index (χ3n) is 11.6. The quantitative estimate of drug-likeness (QED) is 0.455. The number of rotatable bonds is 8. The van der Waals surface area contributed by atoms with E-state index in [4.69, 9.17) is 19.6 Å². The van der Waals surface area contributed by atoms with Gasteiger partial charge in [0.25, 0.3) is 0 Å². The first kappa shape index (κ1) is 25.2. The molecule has 1 aromatic heterocycles. The molecule has 5 nitrogen and oxygen atoms in total. The molecule has 7 atom stereocenters. The third kappa shape index (κ3) is 3.95. The molecule has 2 heterocycles. The molecule has 36 heavy (non-hydrogen) atoms. The highest BCUT2D eigenvalue weighted by molar-refractivity contribution is 5.30. The molecule has 5 aliphatic rings. The maximum Gasteiger partial charge on any atom is 0.102 e. The Kier molecular flexibility index (Phi) is 6.90. The lowest BCUT2D eigenvalue weighted by Crippen LogP contribution is -2.54. The van der Waals surface area contributed by atoms with Crippen molar-refractivity contribution in [3.05, 3.63) is 35.8 Å². The molecule has 2 unspecified atom stereocenters. The largest absolute Gasteiger partial charge is 0.472 e. The molecular formula is C31H48N2O3. The van der Waals surface area contributed by atoms with Gasteiger partial charge in [-0.1, -0.05) is 25.5 Å². The van der Waals surface area contributed by atoms with E-state index in [1.54, 1.807) is 5.57 Å². The van der Waals surface area contributed by atoms with Gasteiger partial charge < -0.3 is 24.5 Å². The number of furan rings is 1. The number of nitrogens with zero attached hydrogens (tertiary/aromatic N) is 1. The maximum absolute atomic E-state index is 7.09. The molecule has 0 spiro atoms. The van der Waals surface area contributed by atoms with Gasteiger partial charge in [-0.3, -0.25) is 0 Å². The Labute approximate surface area is 218 Å². The molecule has 5 heteroatoms. The summed E-state index contributed by atoms with van der Waals surface area (Å²) in [4.78, 5) is 2.58. The summed E-state index contributed by atoms with van der Waals surface area (Å²) in [6.07, 6.45) is 19.3. The molecule has 0 amide bonds. The van der Waals surface area contributed by atoms with Crippen molar-refractivity contribution in [2.45, 2.75) is 89.8 Å². The van der Waals surface area contributed by atoms with Gasteiger partial charge in [0.15, 0.2) is 0 Å². The average molecular weight is 497 g/mol. The van der Waals surface area contributed by atoms with Gasteiger partial charge in [0.1, 0.15) is 5.60 Å². The molecular weight excluding hydrogens is 448 g/mol. The summed E-state index contributed by atoms with van der Waals surface area (Å²) in [5.41, 5.74) is 8.96. The van der Waals surface area contributed by atoms with Crippen LogP contribution in [0.4, 0.5) is 0 Å². The lowest BCUT2D eigenvalue weighted by molar-refractivity contribution is -0.166. The zero-order chi connectivity index (χ0) is 24.8. The molecule has 200 valence electrons. The molecule has 6 rings (SSSR count). The molecule has 3 saturated carbocycles. The zero-order valence-corrected chi connectivity index (χ0v) is 22.7.